The number of amides is 2. The van der Waals surface area contributed by atoms with Gasteiger partial charge in [-0.2, -0.15) is 10.4 Å². The van der Waals surface area contributed by atoms with E-state index in [1.165, 1.54) is 19.1 Å². The van der Waals surface area contributed by atoms with Crippen molar-refractivity contribution in [2.45, 2.75) is 20.4 Å². The Morgan fingerprint density at radius 1 is 1.36 bits per heavy atom. The topological polar surface area (TPSA) is 117 Å². The van der Waals surface area contributed by atoms with E-state index in [4.69, 9.17) is 10.00 Å². The van der Waals surface area contributed by atoms with Crippen LogP contribution in [0.25, 0.3) is 0 Å². The lowest BCUT2D eigenvalue weighted by Crippen LogP contribution is -2.40. The summed E-state index contributed by atoms with van der Waals surface area (Å²) >= 11 is 0. The number of nitrogens with zero attached hydrogens (tertiary/aromatic N) is 4. The minimum atomic E-state index is -0.631. The number of benzene rings is 1. The predicted molar refractivity (Wildman–Crippen MR) is 102 cm³/mol. The molecule has 1 N–H and O–H groups in total. The summed E-state index contributed by atoms with van der Waals surface area (Å²) in [7, 11) is 2.97. The van der Waals surface area contributed by atoms with E-state index in [1.807, 2.05) is 6.07 Å². The second kappa shape index (κ2) is 8.81. The quantitative estimate of drug-likeness (QED) is 0.790. The van der Waals surface area contributed by atoms with Gasteiger partial charge in [-0.25, -0.2) is 4.68 Å². The number of hydrogen-bond donors (Lipinski definition) is 1. The summed E-state index contributed by atoms with van der Waals surface area (Å²) < 4.78 is 6.04. The van der Waals surface area contributed by atoms with E-state index in [-0.39, 0.29) is 18.7 Å². The number of aryl methyl sites for hydroxylation is 1. The molecule has 2 aromatic rings. The molecule has 9 heteroatoms. The standard InChI is InChI=1S/C19H21N5O4/c1-12-13(2)22-24(19(27)16(12)9-20)11-18(26)23(3)10-17(25)21-14-6-5-7-15(8-14)28-4/h5-8H,10-11H2,1-4H3,(H,21,25). The highest BCUT2D eigenvalue weighted by Gasteiger charge is 2.18. The summed E-state index contributed by atoms with van der Waals surface area (Å²) in [5.41, 5.74) is 0.840. The highest BCUT2D eigenvalue weighted by atomic mass is 16.5. The average Bonchev–Trinajstić information content (AvgIpc) is 2.66. The minimum Gasteiger partial charge on any atom is -0.497 e. The molecule has 9 nitrogen and oxygen atoms in total. The van der Waals surface area contributed by atoms with Crippen LogP contribution in [0, 0.1) is 25.2 Å². The van der Waals surface area contributed by atoms with Gasteiger partial charge in [-0.05, 0) is 31.5 Å². The first-order chi connectivity index (χ1) is 13.3. The van der Waals surface area contributed by atoms with Crippen LogP contribution in [-0.4, -0.2) is 47.2 Å². The van der Waals surface area contributed by atoms with Gasteiger partial charge in [0.1, 0.15) is 23.9 Å². The molecule has 0 unspecified atom stereocenters. The third-order valence-electron chi connectivity index (χ3n) is 4.19. The van der Waals surface area contributed by atoms with Gasteiger partial charge in [0.05, 0.1) is 19.3 Å². The van der Waals surface area contributed by atoms with Crippen molar-refractivity contribution in [3.63, 3.8) is 0 Å². The van der Waals surface area contributed by atoms with E-state index < -0.39 is 17.4 Å². The fraction of sp³-hybridized carbons (Fsp3) is 0.316. The summed E-state index contributed by atoms with van der Waals surface area (Å²) in [6.45, 7) is 2.71. The highest BCUT2D eigenvalue weighted by molar-refractivity contribution is 5.94. The molecular formula is C19H21N5O4. The number of anilines is 1. The number of rotatable bonds is 6. The average molecular weight is 383 g/mol. The largest absolute Gasteiger partial charge is 0.497 e. The molecule has 1 aromatic heterocycles. The van der Waals surface area contributed by atoms with Crippen LogP contribution in [-0.2, 0) is 16.1 Å². The van der Waals surface area contributed by atoms with E-state index in [0.29, 0.717) is 22.7 Å². The van der Waals surface area contributed by atoms with Crippen molar-refractivity contribution < 1.29 is 14.3 Å². The lowest BCUT2D eigenvalue weighted by atomic mass is 10.1. The van der Waals surface area contributed by atoms with Crippen LogP contribution in [0.1, 0.15) is 16.8 Å². The Bertz CT molecular complexity index is 1010. The molecule has 0 saturated carbocycles. The van der Waals surface area contributed by atoms with Crippen LogP contribution < -0.4 is 15.6 Å². The van der Waals surface area contributed by atoms with Gasteiger partial charge < -0.3 is 15.0 Å². The molecule has 0 bridgehead atoms. The first-order valence-corrected chi connectivity index (χ1v) is 8.43. The SMILES string of the molecule is COc1cccc(NC(=O)CN(C)C(=O)Cn2nc(C)c(C)c(C#N)c2=O)c1. The number of aromatic nitrogens is 2. The van der Waals surface area contributed by atoms with Crippen molar-refractivity contribution in [3.05, 3.63) is 51.4 Å². The van der Waals surface area contributed by atoms with Crippen LogP contribution in [0.5, 0.6) is 5.75 Å². The Balaban J connectivity index is 2.05. The second-order valence-corrected chi connectivity index (χ2v) is 6.19. The van der Waals surface area contributed by atoms with Crippen molar-refractivity contribution in [1.29, 1.82) is 5.26 Å². The molecular weight excluding hydrogens is 362 g/mol. The van der Waals surface area contributed by atoms with Crippen molar-refractivity contribution in [2.24, 2.45) is 0 Å². The Hall–Kier alpha value is -3.67. The van der Waals surface area contributed by atoms with Gasteiger partial charge in [0.25, 0.3) is 5.56 Å². The number of nitriles is 1. The Morgan fingerprint density at radius 3 is 2.71 bits per heavy atom. The summed E-state index contributed by atoms with van der Waals surface area (Å²) in [4.78, 5) is 38.0. The van der Waals surface area contributed by atoms with E-state index in [0.717, 1.165) is 4.68 Å². The molecule has 0 saturated heterocycles. The zero-order chi connectivity index (χ0) is 20.8. The number of likely N-dealkylation sites (N-methyl/N-ethyl adjacent to an activating group) is 1. The first kappa shape index (κ1) is 20.6. The maximum absolute atomic E-state index is 12.4. The fourth-order valence-electron chi connectivity index (χ4n) is 2.46. The molecule has 0 aliphatic heterocycles. The number of hydrogen-bond acceptors (Lipinski definition) is 6. The third kappa shape index (κ3) is 4.73. The van der Waals surface area contributed by atoms with E-state index >= 15 is 0 Å². The molecule has 28 heavy (non-hydrogen) atoms. The zero-order valence-electron chi connectivity index (χ0n) is 16.1. The highest BCUT2D eigenvalue weighted by Crippen LogP contribution is 2.16. The van der Waals surface area contributed by atoms with Gasteiger partial charge >= 0.3 is 0 Å². The number of nitrogens with one attached hydrogen (secondary N) is 1. The lowest BCUT2D eigenvalue weighted by Gasteiger charge is -2.18. The molecule has 1 aromatic carbocycles. The van der Waals surface area contributed by atoms with Crippen LogP contribution in [0.15, 0.2) is 29.1 Å². The number of methoxy groups -OCH3 is 1. The Labute approximate surface area is 162 Å². The molecule has 1 heterocycles. The van der Waals surface area contributed by atoms with Crippen LogP contribution in [0.4, 0.5) is 5.69 Å². The van der Waals surface area contributed by atoms with Crippen molar-refractivity contribution in [2.75, 3.05) is 26.0 Å². The minimum absolute atomic E-state index is 0.0429. The second-order valence-electron chi connectivity index (χ2n) is 6.19. The molecule has 2 rings (SSSR count). The molecule has 0 aliphatic carbocycles. The van der Waals surface area contributed by atoms with Gasteiger partial charge in [0.2, 0.25) is 11.8 Å². The fourth-order valence-corrected chi connectivity index (χ4v) is 2.46. The summed E-state index contributed by atoms with van der Waals surface area (Å²) in [6, 6.07) is 8.67. The Kier molecular flexibility index (Phi) is 6.50. The molecule has 0 spiro atoms. The van der Waals surface area contributed by atoms with Gasteiger partial charge in [0, 0.05) is 18.8 Å². The lowest BCUT2D eigenvalue weighted by molar-refractivity contribution is -0.134. The van der Waals surface area contributed by atoms with Gasteiger partial charge in [-0.3, -0.25) is 14.4 Å². The Morgan fingerprint density at radius 2 is 2.07 bits per heavy atom. The molecule has 0 radical (unpaired) electrons. The van der Waals surface area contributed by atoms with E-state index in [1.54, 1.807) is 38.1 Å². The van der Waals surface area contributed by atoms with E-state index in [2.05, 4.69) is 10.4 Å². The monoisotopic (exact) mass is 383 g/mol. The molecule has 0 aliphatic rings. The third-order valence-corrected chi connectivity index (χ3v) is 4.19. The first-order valence-electron chi connectivity index (χ1n) is 8.43. The summed E-state index contributed by atoms with van der Waals surface area (Å²) in [5.74, 6) is -0.291. The molecule has 2 amide bonds. The van der Waals surface area contributed by atoms with Crippen molar-refractivity contribution in [1.82, 2.24) is 14.7 Å². The van der Waals surface area contributed by atoms with Crippen molar-refractivity contribution >= 4 is 17.5 Å². The molecule has 0 fully saturated rings. The van der Waals surface area contributed by atoms with Crippen molar-refractivity contribution in [3.8, 4) is 11.8 Å². The maximum Gasteiger partial charge on any atom is 0.285 e. The van der Waals surface area contributed by atoms with Crippen LogP contribution >= 0.6 is 0 Å². The maximum atomic E-state index is 12.4. The normalized spacial score (nSPS) is 10.1. The summed E-state index contributed by atoms with van der Waals surface area (Å²) in [6.07, 6.45) is 0. The predicted octanol–water partition coefficient (Wildman–Crippen LogP) is 0.838. The number of carbonyl (C=O) groups excluding carboxylic acids is 2. The van der Waals surface area contributed by atoms with E-state index in [9.17, 15) is 14.4 Å². The molecule has 0 atom stereocenters. The van der Waals surface area contributed by atoms with Gasteiger partial charge in [-0.15, -0.1) is 0 Å². The number of carbonyl (C=O) groups is 2. The van der Waals surface area contributed by atoms with Gasteiger partial charge in [-0.1, -0.05) is 6.07 Å². The summed E-state index contributed by atoms with van der Waals surface area (Å²) in [5, 5.41) is 15.9. The molecule has 146 valence electrons. The smallest absolute Gasteiger partial charge is 0.285 e. The van der Waals surface area contributed by atoms with Gasteiger partial charge in [0.15, 0.2) is 0 Å². The zero-order valence-corrected chi connectivity index (χ0v) is 16.1. The van der Waals surface area contributed by atoms with Crippen LogP contribution in [0.2, 0.25) is 0 Å². The number of ether oxygens (including phenoxy) is 1. The van der Waals surface area contributed by atoms with Crippen LogP contribution in [0.3, 0.4) is 0 Å².